The minimum absolute atomic E-state index is 0.0395. The number of piperazine rings is 1. The number of aromatic nitrogens is 2. The first-order valence-electron chi connectivity index (χ1n) is 10.5. The SMILES string of the molecule is CCn1ncc(C(=O)N2CCC3C(=O)N(Cc4cccc(F)c4)CC(=O)N3CC2)c1C. The predicted molar refractivity (Wildman–Crippen MR) is 110 cm³/mol. The van der Waals surface area contributed by atoms with Crippen LogP contribution in [0.25, 0.3) is 0 Å². The molecule has 0 bridgehead atoms. The molecule has 9 heteroatoms. The van der Waals surface area contributed by atoms with Crippen LogP contribution in [0.1, 0.15) is 35.0 Å². The van der Waals surface area contributed by atoms with Crippen molar-refractivity contribution in [1.82, 2.24) is 24.5 Å². The summed E-state index contributed by atoms with van der Waals surface area (Å²) in [5.74, 6) is -0.813. The molecule has 2 saturated heterocycles. The molecule has 0 radical (unpaired) electrons. The average molecular weight is 427 g/mol. The molecule has 1 atom stereocenters. The van der Waals surface area contributed by atoms with Crippen LogP contribution in [0.5, 0.6) is 0 Å². The molecule has 0 N–H and O–H groups in total. The fraction of sp³-hybridized carbons (Fsp3) is 0.455. The molecule has 1 aromatic heterocycles. The number of hydrogen-bond acceptors (Lipinski definition) is 4. The molecule has 8 nitrogen and oxygen atoms in total. The molecular weight excluding hydrogens is 401 g/mol. The van der Waals surface area contributed by atoms with Gasteiger partial charge in [0.1, 0.15) is 18.4 Å². The maximum absolute atomic E-state index is 13.5. The van der Waals surface area contributed by atoms with E-state index in [1.165, 1.54) is 17.0 Å². The van der Waals surface area contributed by atoms with Crippen LogP contribution in [-0.4, -0.2) is 74.4 Å². The molecule has 0 aliphatic carbocycles. The van der Waals surface area contributed by atoms with Crippen LogP contribution in [0.3, 0.4) is 0 Å². The molecule has 2 aliphatic heterocycles. The second kappa shape index (κ2) is 8.49. The third kappa shape index (κ3) is 4.04. The minimum Gasteiger partial charge on any atom is -0.337 e. The number of aryl methyl sites for hydroxylation is 1. The van der Waals surface area contributed by atoms with E-state index in [0.717, 1.165) is 5.69 Å². The van der Waals surface area contributed by atoms with E-state index >= 15 is 0 Å². The first-order valence-corrected chi connectivity index (χ1v) is 10.5. The van der Waals surface area contributed by atoms with Crippen molar-refractivity contribution in [1.29, 1.82) is 0 Å². The third-order valence-electron chi connectivity index (χ3n) is 6.09. The first-order chi connectivity index (χ1) is 14.9. The molecule has 3 heterocycles. The third-order valence-corrected chi connectivity index (χ3v) is 6.09. The Morgan fingerprint density at radius 1 is 1.23 bits per heavy atom. The highest BCUT2D eigenvalue weighted by atomic mass is 19.1. The number of benzene rings is 1. The highest BCUT2D eigenvalue weighted by Crippen LogP contribution is 2.22. The summed E-state index contributed by atoms with van der Waals surface area (Å²) >= 11 is 0. The lowest BCUT2D eigenvalue weighted by Gasteiger charge is -2.39. The molecule has 4 rings (SSSR count). The van der Waals surface area contributed by atoms with Crippen molar-refractivity contribution >= 4 is 17.7 Å². The lowest BCUT2D eigenvalue weighted by atomic mass is 10.1. The molecule has 3 amide bonds. The maximum atomic E-state index is 13.5. The van der Waals surface area contributed by atoms with Crippen LogP contribution < -0.4 is 0 Å². The summed E-state index contributed by atoms with van der Waals surface area (Å²) in [6.45, 7) is 5.72. The zero-order valence-corrected chi connectivity index (χ0v) is 17.8. The highest BCUT2D eigenvalue weighted by molar-refractivity contribution is 5.96. The van der Waals surface area contributed by atoms with E-state index in [1.54, 1.807) is 32.8 Å². The second-order valence-electron chi connectivity index (χ2n) is 7.97. The Labute approximate surface area is 180 Å². The van der Waals surface area contributed by atoms with Gasteiger partial charge in [0.05, 0.1) is 11.8 Å². The van der Waals surface area contributed by atoms with Gasteiger partial charge in [0.2, 0.25) is 11.8 Å². The van der Waals surface area contributed by atoms with Crippen LogP contribution in [0.4, 0.5) is 4.39 Å². The lowest BCUT2D eigenvalue weighted by molar-refractivity contribution is -0.156. The smallest absolute Gasteiger partial charge is 0.257 e. The topological polar surface area (TPSA) is 78.8 Å². The number of hydrogen-bond donors (Lipinski definition) is 0. The van der Waals surface area contributed by atoms with Gasteiger partial charge in [-0.3, -0.25) is 19.1 Å². The van der Waals surface area contributed by atoms with Crippen molar-refractivity contribution < 1.29 is 18.8 Å². The second-order valence-corrected chi connectivity index (χ2v) is 7.97. The van der Waals surface area contributed by atoms with Gasteiger partial charge in [0, 0.05) is 38.4 Å². The molecule has 164 valence electrons. The van der Waals surface area contributed by atoms with E-state index in [1.807, 2.05) is 13.8 Å². The predicted octanol–water partition coefficient (Wildman–Crippen LogP) is 1.44. The van der Waals surface area contributed by atoms with Crippen molar-refractivity contribution in [2.24, 2.45) is 0 Å². The first kappa shape index (κ1) is 21.0. The summed E-state index contributed by atoms with van der Waals surface area (Å²) in [6, 6.07) is 5.44. The van der Waals surface area contributed by atoms with Gasteiger partial charge in [0.15, 0.2) is 0 Å². The fourth-order valence-electron chi connectivity index (χ4n) is 4.37. The van der Waals surface area contributed by atoms with Crippen molar-refractivity contribution in [3.63, 3.8) is 0 Å². The van der Waals surface area contributed by atoms with Gasteiger partial charge in [-0.2, -0.15) is 5.10 Å². The van der Waals surface area contributed by atoms with Crippen molar-refractivity contribution in [3.05, 3.63) is 53.1 Å². The van der Waals surface area contributed by atoms with Crippen LogP contribution in [0.15, 0.2) is 30.5 Å². The Balaban J connectivity index is 1.48. The summed E-state index contributed by atoms with van der Waals surface area (Å²) < 4.78 is 15.3. The highest BCUT2D eigenvalue weighted by Gasteiger charge is 2.41. The Morgan fingerprint density at radius 2 is 2.03 bits per heavy atom. The molecule has 2 aromatic rings. The van der Waals surface area contributed by atoms with Crippen LogP contribution in [-0.2, 0) is 22.7 Å². The summed E-state index contributed by atoms with van der Waals surface area (Å²) in [6.07, 6.45) is 1.95. The van der Waals surface area contributed by atoms with Gasteiger partial charge in [0.25, 0.3) is 5.91 Å². The van der Waals surface area contributed by atoms with E-state index in [9.17, 15) is 18.8 Å². The molecular formula is C22H26FN5O3. The number of nitrogens with zero attached hydrogens (tertiary/aromatic N) is 5. The average Bonchev–Trinajstić information content (AvgIpc) is 2.97. The van der Waals surface area contributed by atoms with E-state index in [0.29, 0.717) is 43.7 Å². The van der Waals surface area contributed by atoms with Crippen molar-refractivity contribution in [2.75, 3.05) is 26.2 Å². The molecule has 1 aromatic carbocycles. The molecule has 2 aliphatic rings. The van der Waals surface area contributed by atoms with E-state index in [2.05, 4.69) is 5.10 Å². The van der Waals surface area contributed by atoms with Crippen molar-refractivity contribution in [3.8, 4) is 0 Å². The van der Waals surface area contributed by atoms with Gasteiger partial charge in [-0.25, -0.2) is 4.39 Å². The van der Waals surface area contributed by atoms with E-state index < -0.39 is 6.04 Å². The minimum atomic E-state index is -0.605. The Hall–Kier alpha value is -3.23. The Morgan fingerprint density at radius 3 is 2.74 bits per heavy atom. The van der Waals surface area contributed by atoms with E-state index in [4.69, 9.17) is 0 Å². The van der Waals surface area contributed by atoms with Crippen LogP contribution in [0, 0.1) is 12.7 Å². The number of carbonyl (C=O) groups is 3. The normalized spacial score (nSPS) is 19.5. The Bertz CT molecular complexity index is 1020. The van der Waals surface area contributed by atoms with Gasteiger partial charge >= 0.3 is 0 Å². The molecule has 2 fully saturated rings. The number of amides is 3. The zero-order valence-electron chi connectivity index (χ0n) is 17.8. The summed E-state index contributed by atoms with van der Waals surface area (Å²) in [5.41, 5.74) is 2.00. The molecule has 0 spiro atoms. The largest absolute Gasteiger partial charge is 0.337 e. The Kier molecular flexibility index (Phi) is 5.75. The number of halogens is 1. The molecule has 0 saturated carbocycles. The van der Waals surface area contributed by atoms with Crippen LogP contribution in [0.2, 0.25) is 0 Å². The molecule has 1 unspecified atom stereocenters. The van der Waals surface area contributed by atoms with E-state index in [-0.39, 0.29) is 36.6 Å². The molecule has 31 heavy (non-hydrogen) atoms. The quantitative estimate of drug-likeness (QED) is 0.740. The monoisotopic (exact) mass is 427 g/mol. The summed E-state index contributed by atoms with van der Waals surface area (Å²) in [5, 5.41) is 4.24. The summed E-state index contributed by atoms with van der Waals surface area (Å²) in [4.78, 5) is 43.7. The van der Waals surface area contributed by atoms with Crippen molar-refractivity contribution in [2.45, 2.75) is 39.4 Å². The van der Waals surface area contributed by atoms with Gasteiger partial charge in [-0.1, -0.05) is 12.1 Å². The number of rotatable bonds is 4. The fourth-order valence-corrected chi connectivity index (χ4v) is 4.37. The van der Waals surface area contributed by atoms with Crippen LogP contribution >= 0.6 is 0 Å². The number of fused-ring (bicyclic) bond motifs is 1. The lowest BCUT2D eigenvalue weighted by Crippen LogP contribution is -2.59. The zero-order chi connectivity index (χ0) is 22.1. The summed E-state index contributed by atoms with van der Waals surface area (Å²) in [7, 11) is 0. The van der Waals surface area contributed by atoms with Gasteiger partial charge < -0.3 is 14.7 Å². The number of carbonyl (C=O) groups excluding carboxylic acids is 3. The standard InChI is InChI=1S/C22H26FN5O3/c1-3-28-15(2)18(12-24-28)21(30)25-8-7-19-22(31)26(14-20(29)27(19)10-9-25)13-16-5-4-6-17(23)11-16/h4-6,11-12,19H,3,7-10,13-14H2,1-2H3. The van der Waals surface area contributed by atoms with Gasteiger partial charge in [-0.15, -0.1) is 0 Å². The van der Waals surface area contributed by atoms with Gasteiger partial charge in [-0.05, 0) is 38.0 Å². The maximum Gasteiger partial charge on any atom is 0.257 e.